The van der Waals surface area contributed by atoms with Crippen LogP contribution in [0.3, 0.4) is 0 Å². The second-order valence-corrected chi connectivity index (χ2v) is 7.44. The molecule has 0 aliphatic heterocycles. The van der Waals surface area contributed by atoms with E-state index in [-0.39, 0.29) is 0 Å². The van der Waals surface area contributed by atoms with Crippen molar-refractivity contribution < 1.29 is 0 Å². The van der Waals surface area contributed by atoms with Crippen molar-refractivity contribution in [2.75, 3.05) is 38.0 Å². The zero-order valence-electron chi connectivity index (χ0n) is 17.1. The third kappa shape index (κ3) is 3.30. The van der Waals surface area contributed by atoms with Gasteiger partial charge >= 0.3 is 0 Å². The van der Waals surface area contributed by atoms with Crippen molar-refractivity contribution in [2.24, 2.45) is 0 Å². The molecule has 29 heavy (non-hydrogen) atoms. The first-order valence-corrected chi connectivity index (χ1v) is 9.47. The molecule has 0 amide bonds. The Morgan fingerprint density at radius 1 is 0.966 bits per heavy atom. The van der Waals surface area contributed by atoms with Gasteiger partial charge in [0, 0.05) is 39.3 Å². The van der Waals surface area contributed by atoms with E-state index >= 15 is 0 Å². The van der Waals surface area contributed by atoms with Gasteiger partial charge in [-0.2, -0.15) is 5.26 Å². The van der Waals surface area contributed by atoms with Crippen LogP contribution < -0.4 is 9.80 Å². The van der Waals surface area contributed by atoms with Crippen LogP contribution in [-0.4, -0.2) is 38.2 Å². The molecule has 0 spiro atoms. The monoisotopic (exact) mass is 381 g/mol. The van der Waals surface area contributed by atoms with Gasteiger partial charge in [0.15, 0.2) is 0 Å². The van der Waals surface area contributed by atoms with E-state index < -0.39 is 0 Å². The molecule has 4 aromatic rings. The molecule has 4 rings (SSSR count). The topological polar surface area (TPSA) is 59.0 Å². The third-order valence-corrected chi connectivity index (χ3v) is 5.02. The lowest BCUT2D eigenvalue weighted by atomic mass is 9.99. The standard InChI is InChI=1S/C24H23N5/c1-28(2)21-11-7-8-16-12-13-17(23(22(16)21)29(3)4)14-18(15-25)24-26-19-9-5-6-10-20(19)27-24/h5-14H,1-4H3,(H,26,27)/b18-14-. The predicted molar refractivity (Wildman–Crippen MR) is 122 cm³/mol. The van der Waals surface area contributed by atoms with Gasteiger partial charge in [-0.15, -0.1) is 0 Å². The van der Waals surface area contributed by atoms with Gasteiger partial charge in [-0.3, -0.25) is 0 Å². The van der Waals surface area contributed by atoms with Gasteiger partial charge in [-0.05, 0) is 35.2 Å². The predicted octanol–water partition coefficient (Wildman–Crippen LogP) is 4.91. The van der Waals surface area contributed by atoms with Crippen molar-refractivity contribution >= 4 is 44.8 Å². The van der Waals surface area contributed by atoms with Gasteiger partial charge < -0.3 is 14.8 Å². The number of nitrogens with one attached hydrogen (secondary N) is 1. The number of imidazole rings is 1. The lowest BCUT2D eigenvalue weighted by molar-refractivity contribution is 1.12. The molecule has 0 aliphatic rings. The van der Waals surface area contributed by atoms with Crippen LogP contribution in [0.1, 0.15) is 11.4 Å². The normalized spacial score (nSPS) is 11.6. The highest BCUT2D eigenvalue weighted by Crippen LogP contribution is 2.38. The molecule has 1 N–H and O–H groups in total. The summed E-state index contributed by atoms with van der Waals surface area (Å²) in [6.07, 6.45) is 1.92. The molecule has 5 heteroatoms. The molecule has 5 nitrogen and oxygen atoms in total. The SMILES string of the molecule is CN(C)c1cccc2ccc(/C=C(/C#N)c3nc4ccccc4[nH]3)c(N(C)C)c12. The van der Waals surface area contributed by atoms with E-state index in [0.29, 0.717) is 11.4 Å². The van der Waals surface area contributed by atoms with E-state index in [1.807, 2.05) is 58.5 Å². The highest BCUT2D eigenvalue weighted by Gasteiger charge is 2.15. The fourth-order valence-electron chi connectivity index (χ4n) is 3.72. The number of hydrogen-bond acceptors (Lipinski definition) is 4. The number of benzene rings is 3. The van der Waals surface area contributed by atoms with Crippen molar-refractivity contribution in [3.8, 4) is 6.07 Å². The fraction of sp³-hybridized carbons (Fsp3) is 0.167. The minimum atomic E-state index is 0.506. The van der Waals surface area contributed by atoms with Crippen LogP contribution >= 0.6 is 0 Å². The van der Waals surface area contributed by atoms with Crippen LogP contribution in [-0.2, 0) is 0 Å². The van der Waals surface area contributed by atoms with Crippen molar-refractivity contribution in [2.45, 2.75) is 0 Å². The molecule has 1 heterocycles. The van der Waals surface area contributed by atoms with Crippen LogP contribution in [0.4, 0.5) is 11.4 Å². The second-order valence-electron chi connectivity index (χ2n) is 7.44. The summed E-state index contributed by atoms with van der Waals surface area (Å²) in [4.78, 5) is 12.1. The second kappa shape index (κ2) is 7.33. The van der Waals surface area contributed by atoms with E-state index in [4.69, 9.17) is 0 Å². The smallest absolute Gasteiger partial charge is 0.149 e. The fourth-order valence-corrected chi connectivity index (χ4v) is 3.72. The van der Waals surface area contributed by atoms with Gasteiger partial charge in [0.1, 0.15) is 11.9 Å². The number of aromatic nitrogens is 2. The highest BCUT2D eigenvalue weighted by atomic mass is 15.1. The number of para-hydroxylation sites is 2. The molecule has 0 fully saturated rings. The molecule has 0 bridgehead atoms. The van der Waals surface area contributed by atoms with Gasteiger partial charge in [0.05, 0.1) is 22.3 Å². The number of nitrogens with zero attached hydrogens (tertiary/aromatic N) is 4. The summed E-state index contributed by atoms with van der Waals surface area (Å²) in [5, 5.41) is 12.2. The van der Waals surface area contributed by atoms with Crippen LogP contribution in [0.5, 0.6) is 0 Å². The largest absolute Gasteiger partial charge is 0.377 e. The zero-order valence-corrected chi connectivity index (χ0v) is 17.1. The number of nitriles is 1. The number of fused-ring (bicyclic) bond motifs is 2. The molecule has 0 atom stereocenters. The summed E-state index contributed by atoms with van der Waals surface area (Å²) < 4.78 is 0. The zero-order chi connectivity index (χ0) is 20.5. The molecule has 1 aromatic heterocycles. The molecule has 144 valence electrons. The van der Waals surface area contributed by atoms with E-state index in [0.717, 1.165) is 33.4 Å². The molecule has 0 saturated carbocycles. The van der Waals surface area contributed by atoms with Gasteiger partial charge in [0.2, 0.25) is 0 Å². The Morgan fingerprint density at radius 2 is 1.76 bits per heavy atom. The first-order chi connectivity index (χ1) is 14.0. The summed E-state index contributed by atoms with van der Waals surface area (Å²) in [6, 6.07) is 20.6. The number of anilines is 2. The number of hydrogen-bond donors (Lipinski definition) is 1. The van der Waals surface area contributed by atoms with Crippen molar-refractivity contribution in [3.05, 3.63) is 66.0 Å². The molecule has 0 saturated heterocycles. The number of allylic oxidation sites excluding steroid dienone is 1. The molecule has 0 aliphatic carbocycles. The Labute approximate surface area is 170 Å². The lowest BCUT2D eigenvalue weighted by Crippen LogP contribution is -2.14. The average molecular weight is 381 g/mol. The maximum absolute atomic E-state index is 9.85. The number of rotatable bonds is 4. The number of H-pyrrole nitrogens is 1. The highest BCUT2D eigenvalue weighted by molar-refractivity contribution is 6.08. The quantitative estimate of drug-likeness (QED) is 0.510. The Bertz CT molecular complexity index is 1240. The van der Waals surface area contributed by atoms with Gasteiger partial charge in [0.25, 0.3) is 0 Å². The van der Waals surface area contributed by atoms with E-state index in [2.05, 4.69) is 56.2 Å². The average Bonchev–Trinajstić information content (AvgIpc) is 3.14. The van der Waals surface area contributed by atoms with Crippen LogP contribution in [0.25, 0.3) is 33.5 Å². The molecular weight excluding hydrogens is 358 g/mol. The Morgan fingerprint density at radius 3 is 2.45 bits per heavy atom. The van der Waals surface area contributed by atoms with E-state index in [1.165, 1.54) is 5.39 Å². The van der Waals surface area contributed by atoms with Gasteiger partial charge in [-0.1, -0.05) is 36.4 Å². The number of aromatic amines is 1. The van der Waals surface area contributed by atoms with Crippen molar-refractivity contribution in [1.29, 1.82) is 5.26 Å². The van der Waals surface area contributed by atoms with Crippen LogP contribution in [0.15, 0.2) is 54.6 Å². The maximum Gasteiger partial charge on any atom is 0.149 e. The molecule has 0 unspecified atom stereocenters. The minimum absolute atomic E-state index is 0.506. The molecule has 0 radical (unpaired) electrons. The van der Waals surface area contributed by atoms with Crippen LogP contribution in [0, 0.1) is 11.3 Å². The summed E-state index contributed by atoms with van der Waals surface area (Å²) >= 11 is 0. The lowest BCUT2D eigenvalue weighted by Gasteiger charge is -2.23. The summed E-state index contributed by atoms with van der Waals surface area (Å²) in [5.41, 5.74) is 5.48. The summed E-state index contributed by atoms with van der Waals surface area (Å²) in [6.45, 7) is 0. The Balaban J connectivity index is 1.96. The summed E-state index contributed by atoms with van der Waals surface area (Å²) in [7, 11) is 8.16. The van der Waals surface area contributed by atoms with Gasteiger partial charge in [-0.25, -0.2) is 4.98 Å². The first kappa shape index (κ1) is 18.6. The van der Waals surface area contributed by atoms with E-state index in [1.54, 1.807) is 0 Å². The van der Waals surface area contributed by atoms with Crippen molar-refractivity contribution in [1.82, 2.24) is 9.97 Å². The summed E-state index contributed by atoms with van der Waals surface area (Å²) in [5.74, 6) is 0.583. The molecular formula is C24H23N5. The maximum atomic E-state index is 9.85. The first-order valence-electron chi connectivity index (χ1n) is 9.47. The van der Waals surface area contributed by atoms with Crippen LogP contribution in [0.2, 0.25) is 0 Å². The third-order valence-electron chi connectivity index (χ3n) is 5.02. The van der Waals surface area contributed by atoms with Crippen molar-refractivity contribution in [3.63, 3.8) is 0 Å². The Kier molecular flexibility index (Phi) is 4.69. The minimum Gasteiger partial charge on any atom is -0.377 e. The van der Waals surface area contributed by atoms with E-state index in [9.17, 15) is 5.26 Å². The molecule has 3 aromatic carbocycles. The Hall–Kier alpha value is -3.78.